The second-order valence-corrected chi connectivity index (χ2v) is 5.93. The Morgan fingerprint density at radius 3 is 2.35 bits per heavy atom. The zero-order valence-electron chi connectivity index (χ0n) is 11.7. The molecule has 0 spiro atoms. The van der Waals surface area contributed by atoms with Gasteiger partial charge < -0.3 is 10.6 Å². The molecule has 100 valence electrons. The summed E-state index contributed by atoms with van der Waals surface area (Å²) in [6.45, 7) is 7.99. The van der Waals surface area contributed by atoms with Crippen LogP contribution in [0.2, 0.25) is 0 Å². The molecule has 1 amide bonds. The lowest BCUT2D eigenvalue weighted by molar-refractivity contribution is -0.133. The number of hydrogen-bond acceptors (Lipinski definition) is 2. The quantitative estimate of drug-likeness (QED) is 0.802. The van der Waals surface area contributed by atoms with Crippen LogP contribution in [0.1, 0.15) is 59.3 Å². The molecule has 0 aromatic rings. The van der Waals surface area contributed by atoms with Crippen molar-refractivity contribution in [2.75, 3.05) is 13.1 Å². The molecule has 1 aliphatic carbocycles. The Labute approximate surface area is 106 Å². The average molecular weight is 240 g/mol. The molecule has 1 saturated carbocycles. The number of hydrogen-bond donors (Lipinski definition) is 1. The average Bonchev–Trinajstić information content (AvgIpc) is 2.25. The third-order valence-corrected chi connectivity index (χ3v) is 3.67. The fraction of sp³-hybridized carbons (Fsp3) is 0.929. The van der Waals surface area contributed by atoms with Gasteiger partial charge in [-0.1, -0.05) is 33.1 Å². The largest absolute Gasteiger partial charge is 0.343 e. The molecule has 0 radical (unpaired) electrons. The van der Waals surface area contributed by atoms with Crippen molar-refractivity contribution in [1.29, 1.82) is 0 Å². The molecule has 2 N–H and O–H groups in total. The van der Waals surface area contributed by atoms with Crippen molar-refractivity contribution in [3.05, 3.63) is 0 Å². The minimum Gasteiger partial charge on any atom is -0.343 e. The first kappa shape index (κ1) is 14.5. The molecule has 1 fully saturated rings. The summed E-state index contributed by atoms with van der Waals surface area (Å²) in [6.07, 6.45) is 6.19. The van der Waals surface area contributed by atoms with Gasteiger partial charge in [-0.25, -0.2) is 0 Å². The molecule has 0 aliphatic heterocycles. The standard InChI is InChI=1S/C14H28N2O/c1-4-16(11-12(2)3)13(17)10-14(15)8-6-5-7-9-14/h12H,4-11,15H2,1-3H3. The number of rotatable bonds is 5. The van der Waals surface area contributed by atoms with Crippen LogP contribution in [-0.2, 0) is 4.79 Å². The van der Waals surface area contributed by atoms with Crippen molar-refractivity contribution < 1.29 is 4.79 Å². The van der Waals surface area contributed by atoms with Gasteiger partial charge in [-0.2, -0.15) is 0 Å². The van der Waals surface area contributed by atoms with Crippen molar-refractivity contribution in [2.24, 2.45) is 11.7 Å². The molecule has 3 nitrogen and oxygen atoms in total. The molecule has 0 atom stereocenters. The summed E-state index contributed by atoms with van der Waals surface area (Å²) in [4.78, 5) is 14.2. The van der Waals surface area contributed by atoms with Gasteiger partial charge >= 0.3 is 0 Å². The number of nitrogens with zero attached hydrogens (tertiary/aromatic N) is 1. The van der Waals surface area contributed by atoms with Gasteiger partial charge in [-0.3, -0.25) is 4.79 Å². The topological polar surface area (TPSA) is 46.3 Å². The Hall–Kier alpha value is -0.570. The molecule has 3 heteroatoms. The number of amides is 1. The van der Waals surface area contributed by atoms with E-state index in [-0.39, 0.29) is 11.4 Å². The zero-order valence-corrected chi connectivity index (χ0v) is 11.7. The minimum atomic E-state index is -0.222. The Bertz CT molecular complexity index is 245. The van der Waals surface area contributed by atoms with Crippen LogP contribution in [0.3, 0.4) is 0 Å². The van der Waals surface area contributed by atoms with E-state index in [0.29, 0.717) is 12.3 Å². The van der Waals surface area contributed by atoms with E-state index < -0.39 is 0 Å². The van der Waals surface area contributed by atoms with Crippen LogP contribution >= 0.6 is 0 Å². The Morgan fingerprint density at radius 2 is 1.88 bits per heavy atom. The zero-order chi connectivity index (χ0) is 12.9. The maximum Gasteiger partial charge on any atom is 0.224 e. The number of carbonyl (C=O) groups is 1. The Morgan fingerprint density at radius 1 is 1.29 bits per heavy atom. The van der Waals surface area contributed by atoms with Crippen LogP contribution in [-0.4, -0.2) is 29.4 Å². The molecule has 0 saturated heterocycles. The molecule has 1 rings (SSSR count). The first-order valence-electron chi connectivity index (χ1n) is 7.03. The van der Waals surface area contributed by atoms with Crippen molar-refractivity contribution in [3.8, 4) is 0 Å². The highest BCUT2D eigenvalue weighted by atomic mass is 16.2. The van der Waals surface area contributed by atoms with Crippen molar-refractivity contribution in [1.82, 2.24) is 4.90 Å². The van der Waals surface area contributed by atoms with Gasteiger partial charge in [0.05, 0.1) is 0 Å². The molecule has 0 heterocycles. The fourth-order valence-corrected chi connectivity index (χ4v) is 2.69. The second kappa shape index (κ2) is 6.39. The van der Waals surface area contributed by atoms with Gasteiger partial charge in [0, 0.05) is 25.0 Å². The molecular weight excluding hydrogens is 212 g/mol. The van der Waals surface area contributed by atoms with Gasteiger partial charge in [0.25, 0.3) is 0 Å². The van der Waals surface area contributed by atoms with E-state index in [9.17, 15) is 4.79 Å². The highest BCUT2D eigenvalue weighted by molar-refractivity contribution is 5.77. The van der Waals surface area contributed by atoms with Crippen molar-refractivity contribution in [2.45, 2.75) is 64.8 Å². The summed E-state index contributed by atoms with van der Waals surface area (Å²) in [5.74, 6) is 0.768. The van der Waals surface area contributed by atoms with E-state index >= 15 is 0 Å². The van der Waals surface area contributed by atoms with E-state index in [0.717, 1.165) is 25.9 Å². The first-order chi connectivity index (χ1) is 7.97. The van der Waals surface area contributed by atoms with Crippen LogP contribution in [0.15, 0.2) is 0 Å². The summed E-state index contributed by atoms with van der Waals surface area (Å²) in [5.41, 5.74) is 6.11. The fourth-order valence-electron chi connectivity index (χ4n) is 2.69. The van der Waals surface area contributed by atoms with E-state index in [1.807, 2.05) is 11.8 Å². The maximum absolute atomic E-state index is 12.2. The molecular formula is C14H28N2O. The van der Waals surface area contributed by atoms with Gasteiger partial charge in [0.1, 0.15) is 0 Å². The lowest BCUT2D eigenvalue weighted by Gasteiger charge is -2.35. The predicted octanol–water partition coefficient (Wildman–Crippen LogP) is 2.54. The van der Waals surface area contributed by atoms with E-state index in [1.54, 1.807) is 0 Å². The number of carbonyl (C=O) groups excluding carboxylic acids is 1. The summed E-state index contributed by atoms with van der Waals surface area (Å²) in [5, 5.41) is 0. The SMILES string of the molecule is CCN(CC(C)C)C(=O)CC1(N)CCCCC1. The monoisotopic (exact) mass is 240 g/mol. The summed E-state index contributed by atoms with van der Waals surface area (Å²) < 4.78 is 0. The minimum absolute atomic E-state index is 0.222. The highest BCUT2D eigenvalue weighted by Crippen LogP contribution is 2.29. The van der Waals surface area contributed by atoms with Crippen LogP contribution in [0, 0.1) is 5.92 Å². The second-order valence-electron chi connectivity index (χ2n) is 5.93. The molecule has 0 bridgehead atoms. The van der Waals surface area contributed by atoms with Gasteiger partial charge in [-0.05, 0) is 25.7 Å². The van der Waals surface area contributed by atoms with Gasteiger partial charge in [0.2, 0.25) is 5.91 Å². The summed E-state index contributed by atoms with van der Waals surface area (Å²) in [6, 6.07) is 0. The molecule has 0 aromatic heterocycles. The highest BCUT2D eigenvalue weighted by Gasteiger charge is 2.31. The lowest BCUT2D eigenvalue weighted by Crippen LogP contribution is -2.47. The molecule has 17 heavy (non-hydrogen) atoms. The third-order valence-electron chi connectivity index (χ3n) is 3.67. The maximum atomic E-state index is 12.2. The van der Waals surface area contributed by atoms with E-state index in [1.165, 1.54) is 19.3 Å². The van der Waals surface area contributed by atoms with Crippen LogP contribution in [0.25, 0.3) is 0 Å². The van der Waals surface area contributed by atoms with Crippen LogP contribution in [0.5, 0.6) is 0 Å². The van der Waals surface area contributed by atoms with Crippen molar-refractivity contribution in [3.63, 3.8) is 0 Å². The normalized spacial score (nSPS) is 19.4. The third kappa shape index (κ3) is 4.66. The molecule has 0 unspecified atom stereocenters. The Kier molecular flexibility index (Phi) is 5.44. The van der Waals surface area contributed by atoms with E-state index in [2.05, 4.69) is 13.8 Å². The Balaban J connectivity index is 2.50. The van der Waals surface area contributed by atoms with E-state index in [4.69, 9.17) is 5.73 Å². The predicted molar refractivity (Wildman–Crippen MR) is 71.7 cm³/mol. The van der Waals surface area contributed by atoms with Gasteiger partial charge in [-0.15, -0.1) is 0 Å². The number of nitrogens with two attached hydrogens (primary N) is 1. The van der Waals surface area contributed by atoms with Gasteiger partial charge in [0.15, 0.2) is 0 Å². The van der Waals surface area contributed by atoms with Crippen LogP contribution < -0.4 is 5.73 Å². The smallest absolute Gasteiger partial charge is 0.224 e. The lowest BCUT2D eigenvalue weighted by atomic mass is 9.80. The molecule has 1 aliphatic rings. The van der Waals surface area contributed by atoms with Crippen LogP contribution in [0.4, 0.5) is 0 Å². The summed E-state index contributed by atoms with van der Waals surface area (Å²) >= 11 is 0. The first-order valence-corrected chi connectivity index (χ1v) is 7.03. The molecule has 0 aromatic carbocycles. The van der Waals surface area contributed by atoms with Crippen molar-refractivity contribution >= 4 is 5.91 Å². The summed E-state index contributed by atoms with van der Waals surface area (Å²) in [7, 11) is 0.